The Balaban J connectivity index is 1.73. The monoisotopic (exact) mass is 416 g/mol. The molecule has 7 heteroatoms. The van der Waals surface area contributed by atoms with E-state index >= 15 is 0 Å². The van der Waals surface area contributed by atoms with Crippen LogP contribution in [-0.4, -0.2) is 57.9 Å². The maximum Gasteiger partial charge on any atom is 0.329 e. The van der Waals surface area contributed by atoms with Gasteiger partial charge in [0.2, 0.25) is 5.91 Å². The molecule has 166 valence electrons. The Morgan fingerprint density at radius 1 is 1.40 bits per heavy atom. The summed E-state index contributed by atoms with van der Waals surface area (Å²) in [6, 6.07) is -0.548. The second-order valence-corrected chi connectivity index (χ2v) is 8.04. The molecule has 7 nitrogen and oxygen atoms in total. The summed E-state index contributed by atoms with van der Waals surface area (Å²) < 4.78 is 5.21. The maximum atomic E-state index is 12.7. The third-order valence-electron chi connectivity index (χ3n) is 5.65. The number of amides is 1. The van der Waals surface area contributed by atoms with Gasteiger partial charge in [-0.2, -0.15) is 0 Å². The highest BCUT2D eigenvalue weighted by molar-refractivity contribution is 5.84. The van der Waals surface area contributed by atoms with E-state index in [1.165, 1.54) is 0 Å². The molecule has 0 unspecified atom stereocenters. The van der Waals surface area contributed by atoms with E-state index in [1.807, 2.05) is 26.8 Å². The number of aromatic amines is 1. The van der Waals surface area contributed by atoms with Crippen LogP contribution in [-0.2, 0) is 20.9 Å². The number of hydrogen-bond acceptors (Lipinski definition) is 5. The van der Waals surface area contributed by atoms with Crippen molar-refractivity contribution in [3.05, 3.63) is 36.1 Å². The first-order valence-corrected chi connectivity index (χ1v) is 10.9. The lowest BCUT2D eigenvalue weighted by atomic mass is 9.97. The number of carbonyl (C=O) groups is 2. The van der Waals surface area contributed by atoms with Crippen molar-refractivity contribution in [2.24, 2.45) is 5.92 Å². The molecule has 1 aliphatic rings. The highest BCUT2D eigenvalue weighted by Crippen LogP contribution is 2.19. The minimum atomic E-state index is -0.548. The van der Waals surface area contributed by atoms with Gasteiger partial charge >= 0.3 is 5.97 Å². The van der Waals surface area contributed by atoms with Gasteiger partial charge in [0.15, 0.2) is 0 Å². The molecule has 0 spiro atoms. The van der Waals surface area contributed by atoms with Crippen molar-refractivity contribution >= 4 is 18.0 Å². The lowest BCUT2D eigenvalue weighted by Crippen LogP contribution is -2.47. The van der Waals surface area contributed by atoms with Crippen LogP contribution in [0.2, 0.25) is 0 Å². The summed E-state index contributed by atoms with van der Waals surface area (Å²) in [6.45, 7) is 11.5. The van der Waals surface area contributed by atoms with Crippen LogP contribution in [0.15, 0.2) is 18.9 Å². The number of nitrogens with one attached hydrogen (secondary N) is 1. The summed E-state index contributed by atoms with van der Waals surface area (Å²) in [7, 11) is 1.71. The largest absolute Gasteiger partial charge is 0.460 e. The van der Waals surface area contributed by atoms with Crippen LogP contribution < -0.4 is 0 Å². The van der Waals surface area contributed by atoms with Crippen LogP contribution in [0.5, 0.6) is 0 Å². The molecule has 0 saturated carbocycles. The van der Waals surface area contributed by atoms with Crippen LogP contribution in [0.1, 0.15) is 63.2 Å². The highest BCUT2D eigenvalue weighted by atomic mass is 16.5. The van der Waals surface area contributed by atoms with Crippen molar-refractivity contribution in [1.29, 1.82) is 0 Å². The van der Waals surface area contributed by atoms with E-state index in [1.54, 1.807) is 18.0 Å². The summed E-state index contributed by atoms with van der Waals surface area (Å²) in [6.07, 6.45) is 9.70. The average molecular weight is 417 g/mol. The molecular formula is C23H36N4O3. The number of imidazole rings is 1. The van der Waals surface area contributed by atoms with Crippen LogP contribution in [0.25, 0.3) is 6.08 Å². The number of ether oxygens (including phenoxy) is 1. The van der Waals surface area contributed by atoms with Crippen LogP contribution in [0, 0.1) is 12.8 Å². The molecule has 1 N–H and O–H groups in total. The number of fused-ring (bicyclic) bond motifs is 1. The van der Waals surface area contributed by atoms with Crippen LogP contribution in [0.3, 0.4) is 0 Å². The van der Waals surface area contributed by atoms with Gasteiger partial charge in [-0.25, -0.2) is 9.78 Å². The number of H-pyrrole nitrogens is 1. The fourth-order valence-electron chi connectivity index (χ4n) is 3.72. The van der Waals surface area contributed by atoms with Gasteiger partial charge in [-0.05, 0) is 31.8 Å². The summed E-state index contributed by atoms with van der Waals surface area (Å²) in [5.74, 6) is 0.619. The number of likely N-dealkylation sites (N-methyl/N-ethyl adjacent to an activating group) is 1. The van der Waals surface area contributed by atoms with Crippen molar-refractivity contribution in [2.45, 2.75) is 65.5 Å². The van der Waals surface area contributed by atoms with Gasteiger partial charge in [0.1, 0.15) is 18.5 Å². The Hall–Kier alpha value is -2.57. The van der Waals surface area contributed by atoms with Crippen molar-refractivity contribution in [1.82, 2.24) is 19.8 Å². The maximum absolute atomic E-state index is 12.7. The van der Waals surface area contributed by atoms with E-state index in [0.29, 0.717) is 6.42 Å². The summed E-state index contributed by atoms with van der Waals surface area (Å²) in [5.41, 5.74) is 2.19. The zero-order chi connectivity index (χ0) is 22.1. The standard InChI is InChI=1S/C23H36N4O3/c1-6-15-30-23(29)22(17(3)7-2)26(5)21(28)11-9-8-10-13-27-14-12-19-20(16-27)25-18(4)24-19/h6,12,14,17,22H,1,7-11,13,15-16H2,2-5H3,(H,24,25)/t17-,22-/m0/s1. The van der Waals surface area contributed by atoms with Gasteiger partial charge in [0.25, 0.3) is 0 Å². The molecule has 2 rings (SSSR count). The molecule has 0 fully saturated rings. The van der Waals surface area contributed by atoms with E-state index in [4.69, 9.17) is 4.74 Å². The SMILES string of the molecule is C=CCOC(=O)[C@H]([C@@H](C)CC)N(C)C(=O)CCCCCN1C=Cc2nc(C)[nH]c2C1. The van der Waals surface area contributed by atoms with Gasteiger partial charge in [-0.1, -0.05) is 39.3 Å². The predicted octanol–water partition coefficient (Wildman–Crippen LogP) is 3.67. The number of unbranched alkanes of at least 4 members (excludes halogenated alkanes) is 2. The fraction of sp³-hybridized carbons (Fsp3) is 0.609. The highest BCUT2D eigenvalue weighted by Gasteiger charge is 2.32. The third-order valence-corrected chi connectivity index (χ3v) is 5.65. The Kier molecular flexibility index (Phi) is 9.15. The molecule has 0 radical (unpaired) electrons. The minimum Gasteiger partial charge on any atom is -0.460 e. The van der Waals surface area contributed by atoms with Gasteiger partial charge in [-0.15, -0.1) is 0 Å². The molecule has 1 aromatic rings. The number of nitrogens with zero attached hydrogens (tertiary/aromatic N) is 3. The predicted molar refractivity (Wildman–Crippen MR) is 118 cm³/mol. The van der Waals surface area contributed by atoms with E-state index in [9.17, 15) is 9.59 Å². The summed E-state index contributed by atoms with van der Waals surface area (Å²) in [4.78, 5) is 36.6. The lowest BCUT2D eigenvalue weighted by molar-refractivity contribution is -0.155. The molecule has 1 amide bonds. The van der Waals surface area contributed by atoms with E-state index in [2.05, 4.69) is 27.6 Å². The van der Waals surface area contributed by atoms with Crippen molar-refractivity contribution in [3.8, 4) is 0 Å². The quantitative estimate of drug-likeness (QED) is 0.320. The van der Waals surface area contributed by atoms with Crippen LogP contribution in [0.4, 0.5) is 0 Å². The second kappa shape index (κ2) is 11.6. The normalized spacial score (nSPS) is 14.7. The Bertz CT molecular complexity index is 756. The van der Waals surface area contributed by atoms with Gasteiger partial charge in [-0.3, -0.25) is 4.79 Å². The van der Waals surface area contributed by atoms with Crippen molar-refractivity contribution < 1.29 is 14.3 Å². The molecule has 0 bridgehead atoms. The molecule has 0 saturated heterocycles. The topological polar surface area (TPSA) is 78.5 Å². The number of carbonyl (C=O) groups excluding carboxylic acids is 2. The third kappa shape index (κ3) is 6.47. The van der Waals surface area contributed by atoms with E-state index < -0.39 is 6.04 Å². The second-order valence-electron chi connectivity index (χ2n) is 8.04. The average Bonchev–Trinajstić information content (AvgIpc) is 3.10. The van der Waals surface area contributed by atoms with E-state index in [0.717, 1.165) is 56.0 Å². The molecule has 30 heavy (non-hydrogen) atoms. The number of rotatable bonds is 12. The Labute approximate surface area is 180 Å². The van der Waals surface area contributed by atoms with E-state index in [-0.39, 0.29) is 24.4 Å². The minimum absolute atomic E-state index is 0.00806. The van der Waals surface area contributed by atoms with Gasteiger partial charge < -0.3 is 19.5 Å². The molecule has 2 atom stereocenters. The molecule has 2 heterocycles. The van der Waals surface area contributed by atoms with Crippen molar-refractivity contribution in [3.63, 3.8) is 0 Å². The summed E-state index contributed by atoms with van der Waals surface area (Å²) >= 11 is 0. The first-order valence-electron chi connectivity index (χ1n) is 10.9. The number of esters is 1. The number of aromatic nitrogens is 2. The fourth-order valence-corrected chi connectivity index (χ4v) is 3.72. The Morgan fingerprint density at radius 3 is 2.87 bits per heavy atom. The summed E-state index contributed by atoms with van der Waals surface area (Å²) in [5, 5.41) is 0. The zero-order valence-electron chi connectivity index (χ0n) is 18.8. The molecule has 0 aromatic carbocycles. The Morgan fingerprint density at radius 2 is 2.17 bits per heavy atom. The lowest BCUT2D eigenvalue weighted by Gasteiger charge is -2.30. The van der Waals surface area contributed by atoms with Gasteiger partial charge in [0.05, 0.1) is 17.9 Å². The first kappa shape index (κ1) is 23.7. The molecule has 1 aromatic heterocycles. The zero-order valence-corrected chi connectivity index (χ0v) is 18.8. The molecule has 0 aliphatic carbocycles. The molecular weight excluding hydrogens is 380 g/mol. The molecule has 1 aliphatic heterocycles. The number of hydrogen-bond donors (Lipinski definition) is 1. The van der Waals surface area contributed by atoms with Crippen LogP contribution >= 0.6 is 0 Å². The number of aryl methyl sites for hydroxylation is 1. The van der Waals surface area contributed by atoms with Crippen molar-refractivity contribution in [2.75, 3.05) is 20.2 Å². The first-order chi connectivity index (χ1) is 14.4. The van der Waals surface area contributed by atoms with Gasteiger partial charge in [0, 0.05) is 26.2 Å². The smallest absolute Gasteiger partial charge is 0.329 e.